The predicted octanol–water partition coefficient (Wildman–Crippen LogP) is 17.7. The van der Waals surface area contributed by atoms with E-state index in [0.29, 0.717) is 5.41 Å². The zero-order valence-corrected chi connectivity index (χ0v) is 39.9. The Bertz CT molecular complexity index is 976. The van der Waals surface area contributed by atoms with E-state index in [1.807, 2.05) is 0 Å². The van der Waals surface area contributed by atoms with E-state index in [1.165, 1.54) is 51.4 Å². The van der Waals surface area contributed by atoms with Crippen LogP contribution in [0, 0.1) is 112 Å². The smallest absolute Gasteiger partial charge is 0.0295 e. The van der Waals surface area contributed by atoms with Crippen molar-refractivity contribution in [3.63, 3.8) is 0 Å². The summed E-state index contributed by atoms with van der Waals surface area (Å²) < 4.78 is 0. The molecule has 322 valence electrons. The Morgan fingerprint density at radius 3 is 1.15 bits per heavy atom. The predicted molar refractivity (Wildman–Crippen MR) is 244 cm³/mol. The molecule has 0 spiro atoms. The van der Waals surface area contributed by atoms with Gasteiger partial charge in [-0.25, -0.2) is 0 Å². The zero-order chi connectivity index (χ0) is 39.9. The first kappa shape index (κ1) is 46.1. The van der Waals surface area contributed by atoms with Crippen LogP contribution in [0.2, 0.25) is 0 Å². The Morgan fingerprint density at radius 2 is 0.818 bits per heavy atom. The van der Waals surface area contributed by atoms with Crippen LogP contribution in [0.1, 0.15) is 237 Å². The molecule has 0 aromatic carbocycles. The third-order valence-corrected chi connectivity index (χ3v) is 19.1. The van der Waals surface area contributed by atoms with Gasteiger partial charge in [-0.15, -0.1) is 0 Å². The van der Waals surface area contributed by atoms with Crippen LogP contribution in [0.3, 0.4) is 0 Å². The summed E-state index contributed by atoms with van der Waals surface area (Å²) in [6.45, 7) is 29.0. The quantitative estimate of drug-likeness (QED) is 0.231. The fraction of sp³-hybridized carbons (Fsp3) is 1.00. The highest BCUT2D eigenvalue weighted by Gasteiger charge is 2.53. The summed E-state index contributed by atoms with van der Waals surface area (Å²) in [5.74, 6) is 18.8. The van der Waals surface area contributed by atoms with Gasteiger partial charge in [0, 0.05) is 0 Å². The molecule has 9 aliphatic carbocycles. The van der Waals surface area contributed by atoms with Crippen molar-refractivity contribution in [2.24, 2.45) is 112 Å². The van der Waals surface area contributed by atoms with Crippen molar-refractivity contribution in [2.45, 2.75) is 237 Å². The van der Waals surface area contributed by atoms with Gasteiger partial charge in [0.15, 0.2) is 0 Å². The average molecular weight is 763 g/mol. The molecule has 0 radical (unpaired) electrons. The van der Waals surface area contributed by atoms with Gasteiger partial charge in [-0.3, -0.25) is 0 Å². The molecule has 0 aromatic heterocycles. The van der Waals surface area contributed by atoms with Crippen LogP contribution < -0.4 is 0 Å². The van der Waals surface area contributed by atoms with Crippen LogP contribution in [0.4, 0.5) is 0 Å². The summed E-state index contributed by atoms with van der Waals surface area (Å²) >= 11 is 0. The van der Waals surface area contributed by atoms with Crippen molar-refractivity contribution in [2.75, 3.05) is 0 Å². The van der Waals surface area contributed by atoms with Crippen molar-refractivity contribution < 1.29 is 0 Å². The molecule has 0 N–H and O–H groups in total. The maximum atomic E-state index is 2.51. The Labute approximate surface area is 347 Å². The molecule has 5 unspecified atom stereocenters. The summed E-state index contributed by atoms with van der Waals surface area (Å²) in [4.78, 5) is 0. The third kappa shape index (κ3) is 13.2. The van der Waals surface area contributed by atoms with Crippen molar-refractivity contribution in [1.29, 1.82) is 0 Å². The third-order valence-electron chi connectivity index (χ3n) is 19.1. The van der Waals surface area contributed by atoms with Crippen LogP contribution in [0.15, 0.2) is 0 Å². The minimum atomic E-state index is 0.694. The van der Waals surface area contributed by atoms with Gasteiger partial charge in [-0.1, -0.05) is 128 Å². The van der Waals surface area contributed by atoms with Gasteiger partial charge in [-0.05, 0) is 221 Å². The fourth-order valence-corrected chi connectivity index (χ4v) is 15.2. The van der Waals surface area contributed by atoms with Crippen molar-refractivity contribution in [3.8, 4) is 0 Å². The van der Waals surface area contributed by atoms with Gasteiger partial charge in [0.1, 0.15) is 0 Å². The fourth-order valence-electron chi connectivity index (χ4n) is 15.2. The minimum Gasteiger partial charge on any atom is -0.0651 e. The van der Waals surface area contributed by atoms with Crippen LogP contribution in [-0.4, -0.2) is 0 Å². The molecule has 0 aromatic rings. The molecular formula is C55H102. The number of rotatable bonds is 8. The first-order chi connectivity index (χ1) is 26.1. The van der Waals surface area contributed by atoms with E-state index in [9.17, 15) is 0 Å². The molecule has 9 fully saturated rings. The molecule has 0 heterocycles. The first-order valence-corrected chi connectivity index (χ1v) is 26.1. The normalized spacial score (nSPS) is 41.5. The van der Waals surface area contributed by atoms with Crippen molar-refractivity contribution >= 4 is 0 Å². The van der Waals surface area contributed by atoms with Crippen LogP contribution in [0.5, 0.6) is 0 Å². The summed E-state index contributed by atoms with van der Waals surface area (Å²) in [5, 5.41) is 0. The number of fused-ring (bicyclic) bond motifs is 8. The molecule has 0 aliphatic heterocycles. The lowest BCUT2D eigenvalue weighted by Crippen LogP contribution is -2.52. The van der Waals surface area contributed by atoms with Crippen molar-refractivity contribution in [3.05, 3.63) is 0 Å². The second-order valence-corrected chi connectivity index (χ2v) is 24.8. The topological polar surface area (TPSA) is 0 Å². The monoisotopic (exact) mass is 763 g/mol. The van der Waals surface area contributed by atoms with E-state index >= 15 is 0 Å². The van der Waals surface area contributed by atoms with Crippen LogP contribution >= 0.6 is 0 Å². The Kier molecular flexibility index (Phi) is 18.0. The first-order valence-electron chi connectivity index (χ1n) is 26.1. The molecule has 0 nitrogen and oxygen atoms in total. The largest absolute Gasteiger partial charge is 0.0651 e. The van der Waals surface area contributed by atoms with E-state index in [1.54, 1.807) is 103 Å². The Balaban J connectivity index is 0.000000141. The summed E-state index contributed by atoms with van der Waals surface area (Å²) in [6, 6.07) is 0. The Hall–Kier alpha value is 0. The maximum Gasteiger partial charge on any atom is -0.0295 e. The van der Waals surface area contributed by atoms with Crippen LogP contribution in [0.25, 0.3) is 0 Å². The number of hydrogen-bond donors (Lipinski definition) is 0. The molecular weight excluding hydrogens is 661 g/mol. The molecule has 0 heteroatoms. The molecule has 0 amide bonds. The summed E-state index contributed by atoms with van der Waals surface area (Å²) in [7, 11) is 0. The molecule has 0 saturated heterocycles. The molecule has 9 rings (SSSR count). The second kappa shape index (κ2) is 21.5. The molecule has 8 bridgehead atoms. The van der Waals surface area contributed by atoms with Gasteiger partial charge >= 0.3 is 0 Å². The molecule has 55 heavy (non-hydrogen) atoms. The molecule has 14 atom stereocenters. The lowest BCUT2D eigenvalue weighted by molar-refractivity contribution is -0.107. The van der Waals surface area contributed by atoms with Crippen LogP contribution in [-0.2, 0) is 0 Å². The lowest BCUT2D eigenvalue weighted by atomic mass is 9.45. The van der Waals surface area contributed by atoms with E-state index in [0.717, 1.165) is 107 Å². The van der Waals surface area contributed by atoms with Crippen molar-refractivity contribution in [1.82, 2.24) is 0 Å². The van der Waals surface area contributed by atoms with Gasteiger partial charge in [0.05, 0.1) is 0 Å². The van der Waals surface area contributed by atoms with Gasteiger partial charge in [0.25, 0.3) is 0 Å². The molecule has 9 aliphatic rings. The second-order valence-electron chi connectivity index (χ2n) is 24.8. The van der Waals surface area contributed by atoms with Gasteiger partial charge < -0.3 is 0 Å². The lowest BCUT2D eigenvalue weighted by Gasteiger charge is -2.60. The van der Waals surface area contributed by atoms with E-state index in [4.69, 9.17) is 0 Å². The van der Waals surface area contributed by atoms with Gasteiger partial charge in [0.2, 0.25) is 0 Å². The minimum absolute atomic E-state index is 0.694. The maximum absolute atomic E-state index is 2.51. The molecule has 9 saturated carbocycles. The highest BCUT2D eigenvalue weighted by atomic mass is 14.6. The standard InChI is InChI=1S/3C14H26.C13H24/c1-10(2)5-6-11-7-8-12-9-13(11)14(12,3)4;2*1-4-11-5-12-7-13(6-11)9-14(8-12)10(2)3;1-10(2)13-8-11-5-3-4-6-12(7-11)9-13/h10-13H,5-9H2,1-4H3;2*10-14H,4-9H2,1-3H3;10-13H,3-9H2,1-2H3/t11-,12+,13+;2*11?,12-,13+,14?;11-,12+,13?/m1.../s1. The van der Waals surface area contributed by atoms with E-state index in [-0.39, 0.29) is 0 Å². The highest BCUT2D eigenvalue weighted by molar-refractivity contribution is 5.03. The SMILES string of the molecule is CC(C)C1C[C@H]2CCCC[C@@H](C1)C2.CC(C)CC[C@@H]1CC[C@H]2C[C@@H]1C2(C)C.CCC1C[C@@H]2CC(C(C)C)C[C@H](C1)C2.CCC1C[C@@H]2CC(C(C)C)C[C@H](C1)C2. The van der Waals surface area contributed by atoms with E-state index in [2.05, 4.69) is 83.1 Å². The Morgan fingerprint density at radius 1 is 0.436 bits per heavy atom. The van der Waals surface area contributed by atoms with E-state index < -0.39 is 0 Å². The summed E-state index contributed by atoms with van der Waals surface area (Å²) in [5.41, 5.74) is 0.694. The number of hydrogen-bond acceptors (Lipinski definition) is 0. The summed E-state index contributed by atoms with van der Waals surface area (Å²) in [6.07, 6.45) is 36.7. The zero-order valence-electron chi connectivity index (χ0n) is 39.9. The highest BCUT2D eigenvalue weighted by Crippen LogP contribution is 2.62. The average Bonchev–Trinajstić information content (AvgIpc) is 3.32. The van der Waals surface area contributed by atoms with Gasteiger partial charge in [-0.2, -0.15) is 0 Å².